The topological polar surface area (TPSA) is 51.6 Å². The van der Waals surface area contributed by atoms with Crippen molar-refractivity contribution in [3.63, 3.8) is 0 Å². The van der Waals surface area contributed by atoms with E-state index in [-0.39, 0.29) is 0 Å². The molecule has 7 rings (SSSR count). The van der Waals surface area contributed by atoms with Crippen molar-refractivity contribution in [3.05, 3.63) is 146 Å². The van der Waals surface area contributed by atoms with Crippen LogP contribution in [0.2, 0.25) is 0 Å². The quantitative estimate of drug-likeness (QED) is 0.231. The van der Waals surface area contributed by atoms with Gasteiger partial charge in [-0.2, -0.15) is 0 Å². The molecular formula is C36H24N4. The summed E-state index contributed by atoms with van der Waals surface area (Å²) in [5, 5.41) is 1.14. The first-order valence-corrected chi connectivity index (χ1v) is 13.2. The van der Waals surface area contributed by atoms with E-state index in [1.165, 1.54) is 0 Å². The minimum atomic E-state index is 0.647. The summed E-state index contributed by atoms with van der Waals surface area (Å²) in [6.45, 7) is 0. The zero-order valence-electron chi connectivity index (χ0n) is 21.6. The molecule has 4 nitrogen and oxygen atoms in total. The number of benzene rings is 5. The largest absolute Gasteiger partial charge is 0.248 e. The summed E-state index contributed by atoms with van der Waals surface area (Å²) in [6, 6.07) is 49.4. The number of aromatic nitrogens is 4. The van der Waals surface area contributed by atoms with Crippen molar-refractivity contribution in [1.82, 2.24) is 19.9 Å². The standard InChI is InChI=1S/C36H24N4/c1-3-11-27(12-4-1)34-38-35(28-13-5-2-6-14-28)40-36(39-34)29-20-18-25(19-21-29)30-15-9-16-31(24-30)33-23-22-26-10-7-8-17-32(26)37-33/h1-24H. The number of pyridine rings is 1. The molecule has 0 amide bonds. The van der Waals surface area contributed by atoms with Crippen molar-refractivity contribution >= 4 is 10.9 Å². The molecule has 0 bridgehead atoms. The van der Waals surface area contributed by atoms with Gasteiger partial charge < -0.3 is 0 Å². The van der Waals surface area contributed by atoms with Crippen LogP contribution in [0.5, 0.6) is 0 Å². The molecule has 0 unspecified atom stereocenters. The second-order valence-corrected chi connectivity index (χ2v) is 9.59. The smallest absolute Gasteiger partial charge is 0.164 e. The Bertz CT molecular complexity index is 1880. The maximum atomic E-state index is 4.88. The number of nitrogens with zero attached hydrogens (tertiary/aromatic N) is 4. The molecule has 7 aromatic rings. The van der Waals surface area contributed by atoms with Crippen LogP contribution < -0.4 is 0 Å². The lowest BCUT2D eigenvalue weighted by Gasteiger charge is -2.10. The summed E-state index contributed by atoms with van der Waals surface area (Å²) in [5.41, 5.74) is 8.15. The molecule has 0 atom stereocenters. The number of hydrogen-bond acceptors (Lipinski definition) is 4. The summed E-state index contributed by atoms with van der Waals surface area (Å²) < 4.78 is 0. The molecule has 0 radical (unpaired) electrons. The maximum absolute atomic E-state index is 4.88. The Morgan fingerprint density at radius 1 is 0.300 bits per heavy atom. The average Bonchev–Trinajstić information content (AvgIpc) is 3.05. The average molecular weight is 513 g/mol. The summed E-state index contributed by atoms with van der Waals surface area (Å²) in [7, 11) is 0. The van der Waals surface area contributed by atoms with Crippen LogP contribution in [0.15, 0.2) is 146 Å². The molecule has 0 aliphatic carbocycles. The summed E-state index contributed by atoms with van der Waals surface area (Å²) in [6.07, 6.45) is 0. The molecule has 5 aromatic carbocycles. The second-order valence-electron chi connectivity index (χ2n) is 9.59. The molecule has 0 spiro atoms. The van der Waals surface area contributed by atoms with Crippen molar-refractivity contribution in [2.24, 2.45) is 0 Å². The van der Waals surface area contributed by atoms with E-state index in [0.717, 1.165) is 50.0 Å². The fourth-order valence-corrected chi connectivity index (χ4v) is 4.83. The molecule has 4 heteroatoms. The Morgan fingerprint density at radius 3 is 1.45 bits per heavy atom. The van der Waals surface area contributed by atoms with Gasteiger partial charge >= 0.3 is 0 Å². The van der Waals surface area contributed by atoms with Crippen LogP contribution in [0.4, 0.5) is 0 Å². The van der Waals surface area contributed by atoms with E-state index in [4.69, 9.17) is 19.9 Å². The summed E-state index contributed by atoms with van der Waals surface area (Å²) in [5.74, 6) is 1.96. The van der Waals surface area contributed by atoms with Gasteiger partial charge in [0.1, 0.15) is 0 Å². The van der Waals surface area contributed by atoms with Crippen molar-refractivity contribution in [2.75, 3.05) is 0 Å². The van der Waals surface area contributed by atoms with Crippen molar-refractivity contribution in [1.29, 1.82) is 0 Å². The van der Waals surface area contributed by atoms with E-state index in [9.17, 15) is 0 Å². The molecule has 0 fully saturated rings. The monoisotopic (exact) mass is 512 g/mol. The number of hydrogen-bond donors (Lipinski definition) is 0. The van der Waals surface area contributed by atoms with Gasteiger partial charge in [0.25, 0.3) is 0 Å². The minimum Gasteiger partial charge on any atom is -0.248 e. The van der Waals surface area contributed by atoms with Crippen molar-refractivity contribution in [3.8, 4) is 56.5 Å². The normalized spacial score (nSPS) is 11.0. The molecule has 0 saturated carbocycles. The minimum absolute atomic E-state index is 0.647. The van der Waals surface area contributed by atoms with Gasteiger partial charge in [0.2, 0.25) is 0 Å². The second kappa shape index (κ2) is 10.4. The molecule has 40 heavy (non-hydrogen) atoms. The van der Waals surface area contributed by atoms with Gasteiger partial charge in [0.15, 0.2) is 17.5 Å². The third kappa shape index (κ3) is 4.74. The third-order valence-electron chi connectivity index (χ3n) is 6.93. The first-order chi connectivity index (χ1) is 19.8. The molecule has 0 N–H and O–H groups in total. The summed E-state index contributed by atoms with van der Waals surface area (Å²) in [4.78, 5) is 19.4. The van der Waals surface area contributed by atoms with Gasteiger partial charge in [-0.3, -0.25) is 0 Å². The molecule has 188 valence electrons. The van der Waals surface area contributed by atoms with Crippen molar-refractivity contribution in [2.45, 2.75) is 0 Å². The van der Waals surface area contributed by atoms with Gasteiger partial charge in [-0.15, -0.1) is 0 Å². The summed E-state index contributed by atoms with van der Waals surface area (Å²) >= 11 is 0. The predicted molar refractivity (Wildman–Crippen MR) is 162 cm³/mol. The SMILES string of the molecule is c1ccc(-c2nc(-c3ccccc3)nc(-c3ccc(-c4cccc(-c5ccc6ccccc6n5)c4)cc3)n2)cc1. The van der Waals surface area contributed by atoms with Crippen LogP contribution in [-0.2, 0) is 0 Å². The van der Waals surface area contributed by atoms with Gasteiger partial charge in [-0.1, -0.05) is 127 Å². The zero-order chi connectivity index (χ0) is 26.7. The molecule has 0 saturated heterocycles. The predicted octanol–water partition coefficient (Wildman–Crippen LogP) is 8.75. The highest BCUT2D eigenvalue weighted by Gasteiger charge is 2.12. The number of para-hydroxylation sites is 1. The highest BCUT2D eigenvalue weighted by Crippen LogP contribution is 2.29. The third-order valence-corrected chi connectivity index (χ3v) is 6.93. The van der Waals surface area contributed by atoms with E-state index in [2.05, 4.69) is 72.8 Å². The van der Waals surface area contributed by atoms with E-state index in [1.807, 2.05) is 72.8 Å². The van der Waals surface area contributed by atoms with Crippen LogP contribution in [0, 0.1) is 0 Å². The number of rotatable bonds is 5. The van der Waals surface area contributed by atoms with Gasteiger partial charge in [-0.25, -0.2) is 19.9 Å². The van der Waals surface area contributed by atoms with E-state index in [1.54, 1.807) is 0 Å². The van der Waals surface area contributed by atoms with Crippen LogP contribution in [-0.4, -0.2) is 19.9 Å². The van der Waals surface area contributed by atoms with Crippen LogP contribution >= 0.6 is 0 Å². The lowest BCUT2D eigenvalue weighted by atomic mass is 10.00. The van der Waals surface area contributed by atoms with E-state index in [0.29, 0.717) is 17.5 Å². The van der Waals surface area contributed by atoms with Gasteiger partial charge in [0, 0.05) is 27.6 Å². The fourth-order valence-electron chi connectivity index (χ4n) is 4.83. The Hall–Kier alpha value is -5.48. The Labute approximate surface area is 232 Å². The van der Waals surface area contributed by atoms with Crippen molar-refractivity contribution < 1.29 is 0 Å². The fraction of sp³-hybridized carbons (Fsp3) is 0. The van der Waals surface area contributed by atoms with Gasteiger partial charge in [0.05, 0.1) is 11.2 Å². The Morgan fingerprint density at radius 2 is 0.800 bits per heavy atom. The Balaban J connectivity index is 1.24. The molecular weight excluding hydrogens is 488 g/mol. The molecule has 0 aliphatic rings. The molecule has 2 heterocycles. The molecule has 0 aliphatic heterocycles. The van der Waals surface area contributed by atoms with E-state index >= 15 is 0 Å². The molecule has 2 aromatic heterocycles. The number of fused-ring (bicyclic) bond motifs is 1. The first-order valence-electron chi connectivity index (χ1n) is 13.2. The maximum Gasteiger partial charge on any atom is 0.164 e. The van der Waals surface area contributed by atoms with E-state index < -0.39 is 0 Å². The Kier molecular flexibility index (Phi) is 6.11. The lowest BCUT2D eigenvalue weighted by molar-refractivity contribution is 1.07. The van der Waals surface area contributed by atoms with Crippen LogP contribution in [0.1, 0.15) is 0 Å². The van der Waals surface area contributed by atoms with Crippen LogP contribution in [0.25, 0.3) is 67.5 Å². The van der Waals surface area contributed by atoms with Gasteiger partial charge in [-0.05, 0) is 29.3 Å². The first kappa shape index (κ1) is 23.6. The van der Waals surface area contributed by atoms with Crippen LogP contribution in [0.3, 0.4) is 0 Å². The highest BCUT2D eigenvalue weighted by molar-refractivity contribution is 5.82. The zero-order valence-corrected chi connectivity index (χ0v) is 21.6. The highest BCUT2D eigenvalue weighted by atomic mass is 15.0. The lowest BCUT2D eigenvalue weighted by Crippen LogP contribution is -2.00.